The van der Waals surface area contributed by atoms with Gasteiger partial charge in [0.1, 0.15) is 0 Å². The van der Waals surface area contributed by atoms with Gasteiger partial charge in [-0.3, -0.25) is 9.59 Å². The van der Waals surface area contributed by atoms with Gasteiger partial charge in [-0.15, -0.1) is 0 Å². The number of benzene rings is 1. The molecule has 21 heavy (non-hydrogen) atoms. The van der Waals surface area contributed by atoms with E-state index in [1.165, 1.54) is 12.3 Å². The van der Waals surface area contributed by atoms with E-state index in [1.54, 1.807) is 24.3 Å². The van der Waals surface area contributed by atoms with Crippen LogP contribution in [0, 0.1) is 0 Å². The summed E-state index contributed by atoms with van der Waals surface area (Å²) in [6, 6.07) is 8.14. The van der Waals surface area contributed by atoms with Crippen molar-refractivity contribution in [2.45, 2.75) is 6.42 Å². The number of carbonyl (C=O) groups excluding carboxylic acids is 1. The van der Waals surface area contributed by atoms with Crippen LogP contribution in [0.15, 0.2) is 41.0 Å². The van der Waals surface area contributed by atoms with Crippen molar-refractivity contribution in [3.8, 4) is 0 Å². The minimum atomic E-state index is -1.01. The Morgan fingerprint density at radius 1 is 1.29 bits per heavy atom. The Bertz CT molecular complexity index is 833. The number of rotatable bonds is 4. The van der Waals surface area contributed by atoms with Gasteiger partial charge in [-0.2, -0.15) is 0 Å². The van der Waals surface area contributed by atoms with E-state index in [0.29, 0.717) is 21.5 Å². The number of furan rings is 1. The fraction of sp³-hybridized carbons (Fsp3) is 0.0667. The first-order valence-corrected chi connectivity index (χ1v) is 6.54. The van der Waals surface area contributed by atoms with E-state index in [-0.39, 0.29) is 23.7 Å². The average molecular weight is 304 g/mol. The van der Waals surface area contributed by atoms with Gasteiger partial charge in [-0.05, 0) is 24.3 Å². The molecule has 0 radical (unpaired) electrons. The molecule has 2 heterocycles. The van der Waals surface area contributed by atoms with Crippen LogP contribution in [0.25, 0.3) is 10.9 Å². The smallest absolute Gasteiger partial charge is 0.307 e. The molecule has 3 rings (SSSR count). The summed E-state index contributed by atoms with van der Waals surface area (Å²) in [5, 5.41) is 10.2. The Morgan fingerprint density at radius 3 is 2.76 bits per heavy atom. The number of hydrogen-bond donors (Lipinski definition) is 2. The van der Waals surface area contributed by atoms with Crippen LogP contribution in [0.3, 0.4) is 0 Å². The molecule has 2 N–H and O–H groups in total. The lowest BCUT2D eigenvalue weighted by atomic mass is 10.0. The standard InChI is InChI=1S/C15H10ClNO4/c16-8-3-4-9-10(7-13(18)19)14(17-11(9)6-8)15(20)12-2-1-5-21-12/h1-6,17H,7H2,(H,18,19). The Labute approximate surface area is 124 Å². The molecule has 0 saturated heterocycles. The molecule has 0 saturated carbocycles. The lowest BCUT2D eigenvalue weighted by Crippen LogP contribution is -2.08. The number of carboxylic acid groups (broad SMARTS) is 1. The molecule has 0 aliphatic heterocycles. The maximum Gasteiger partial charge on any atom is 0.307 e. The third-order valence-electron chi connectivity index (χ3n) is 3.17. The van der Waals surface area contributed by atoms with Crippen molar-refractivity contribution < 1.29 is 19.1 Å². The Balaban J connectivity index is 2.20. The quantitative estimate of drug-likeness (QED) is 0.725. The van der Waals surface area contributed by atoms with Crippen LogP contribution < -0.4 is 0 Å². The highest BCUT2D eigenvalue weighted by atomic mass is 35.5. The van der Waals surface area contributed by atoms with E-state index in [9.17, 15) is 9.59 Å². The second-order valence-electron chi connectivity index (χ2n) is 4.55. The van der Waals surface area contributed by atoms with E-state index in [4.69, 9.17) is 21.1 Å². The maximum absolute atomic E-state index is 12.4. The summed E-state index contributed by atoms with van der Waals surface area (Å²) < 4.78 is 5.09. The number of carbonyl (C=O) groups is 2. The van der Waals surface area contributed by atoms with Gasteiger partial charge >= 0.3 is 5.97 Å². The van der Waals surface area contributed by atoms with Crippen molar-refractivity contribution in [2.75, 3.05) is 0 Å². The first-order chi connectivity index (χ1) is 10.1. The van der Waals surface area contributed by atoms with Crippen LogP contribution in [0.2, 0.25) is 5.02 Å². The zero-order chi connectivity index (χ0) is 15.0. The van der Waals surface area contributed by atoms with Gasteiger partial charge in [-0.1, -0.05) is 17.7 Å². The Hall–Kier alpha value is -2.53. The summed E-state index contributed by atoms with van der Waals surface area (Å²) in [5.74, 6) is -1.25. The van der Waals surface area contributed by atoms with E-state index >= 15 is 0 Å². The fourth-order valence-corrected chi connectivity index (χ4v) is 2.46. The fourth-order valence-electron chi connectivity index (χ4n) is 2.29. The summed E-state index contributed by atoms with van der Waals surface area (Å²) >= 11 is 5.93. The molecule has 5 nitrogen and oxygen atoms in total. The number of ketones is 1. The Kier molecular flexibility index (Phi) is 3.27. The molecule has 0 amide bonds. The molecule has 0 aliphatic rings. The van der Waals surface area contributed by atoms with E-state index in [1.807, 2.05) is 0 Å². The summed E-state index contributed by atoms with van der Waals surface area (Å²) in [4.78, 5) is 26.4. The van der Waals surface area contributed by atoms with Gasteiger partial charge in [0.15, 0.2) is 5.76 Å². The molecule has 106 valence electrons. The largest absolute Gasteiger partial charge is 0.481 e. The number of hydrogen-bond acceptors (Lipinski definition) is 3. The molecule has 3 aromatic rings. The molecule has 0 atom stereocenters. The lowest BCUT2D eigenvalue weighted by Gasteiger charge is -2.00. The zero-order valence-electron chi connectivity index (χ0n) is 10.7. The highest BCUT2D eigenvalue weighted by Crippen LogP contribution is 2.27. The molecule has 0 bridgehead atoms. The number of halogens is 1. The van der Waals surface area contributed by atoms with Gasteiger partial charge < -0.3 is 14.5 Å². The SMILES string of the molecule is O=C(O)Cc1c(C(=O)c2ccco2)[nH]c2cc(Cl)ccc12. The molecule has 1 aromatic carbocycles. The third kappa shape index (κ3) is 2.43. The molecular weight excluding hydrogens is 294 g/mol. The summed E-state index contributed by atoms with van der Waals surface area (Å²) in [7, 11) is 0. The van der Waals surface area contributed by atoms with Crippen molar-refractivity contribution in [2.24, 2.45) is 0 Å². The molecule has 0 fully saturated rings. The number of fused-ring (bicyclic) bond motifs is 1. The highest BCUT2D eigenvalue weighted by molar-refractivity contribution is 6.31. The summed E-state index contributed by atoms with van der Waals surface area (Å²) in [6.45, 7) is 0. The predicted molar refractivity (Wildman–Crippen MR) is 76.8 cm³/mol. The minimum Gasteiger partial charge on any atom is -0.481 e. The van der Waals surface area contributed by atoms with Crippen LogP contribution in [-0.4, -0.2) is 21.8 Å². The summed E-state index contributed by atoms with van der Waals surface area (Å²) in [5.41, 5.74) is 1.26. The number of H-pyrrole nitrogens is 1. The van der Waals surface area contributed by atoms with Crippen molar-refractivity contribution in [3.63, 3.8) is 0 Å². The predicted octanol–water partition coefficient (Wildman–Crippen LogP) is 3.27. The Morgan fingerprint density at radius 2 is 2.10 bits per heavy atom. The lowest BCUT2D eigenvalue weighted by molar-refractivity contribution is -0.136. The normalized spacial score (nSPS) is 10.9. The van der Waals surface area contributed by atoms with Crippen molar-refractivity contribution in [1.29, 1.82) is 0 Å². The first kappa shape index (κ1) is 13.5. The van der Waals surface area contributed by atoms with Crippen LogP contribution in [0.4, 0.5) is 0 Å². The second-order valence-corrected chi connectivity index (χ2v) is 4.98. The highest BCUT2D eigenvalue weighted by Gasteiger charge is 2.22. The zero-order valence-corrected chi connectivity index (χ0v) is 11.5. The molecular formula is C15H10ClNO4. The molecule has 0 aliphatic carbocycles. The molecule has 6 heteroatoms. The second kappa shape index (κ2) is 5.10. The molecule has 0 spiro atoms. The van der Waals surface area contributed by atoms with Gasteiger partial charge in [0.05, 0.1) is 18.4 Å². The third-order valence-corrected chi connectivity index (χ3v) is 3.40. The number of aliphatic carboxylic acids is 1. The molecule has 0 unspecified atom stereocenters. The minimum absolute atomic E-state index is 0.152. The van der Waals surface area contributed by atoms with Gasteiger partial charge in [0.25, 0.3) is 0 Å². The van der Waals surface area contributed by atoms with Crippen molar-refractivity contribution in [1.82, 2.24) is 4.98 Å². The van der Waals surface area contributed by atoms with E-state index in [0.717, 1.165) is 0 Å². The maximum atomic E-state index is 12.4. The van der Waals surface area contributed by atoms with Crippen molar-refractivity contribution in [3.05, 3.63) is 58.6 Å². The van der Waals surface area contributed by atoms with Crippen LogP contribution in [0.1, 0.15) is 21.8 Å². The van der Waals surface area contributed by atoms with E-state index < -0.39 is 5.97 Å². The van der Waals surface area contributed by atoms with Gasteiger partial charge in [0.2, 0.25) is 5.78 Å². The van der Waals surface area contributed by atoms with Crippen LogP contribution >= 0.6 is 11.6 Å². The molecule has 2 aromatic heterocycles. The first-order valence-electron chi connectivity index (χ1n) is 6.16. The van der Waals surface area contributed by atoms with Crippen molar-refractivity contribution >= 4 is 34.3 Å². The van der Waals surface area contributed by atoms with Crippen LogP contribution in [0.5, 0.6) is 0 Å². The number of aromatic amines is 1. The number of aromatic nitrogens is 1. The monoisotopic (exact) mass is 303 g/mol. The van der Waals surface area contributed by atoms with Gasteiger partial charge in [0, 0.05) is 21.5 Å². The summed E-state index contributed by atoms with van der Waals surface area (Å²) in [6.07, 6.45) is 1.13. The topological polar surface area (TPSA) is 83.3 Å². The van der Waals surface area contributed by atoms with Crippen LogP contribution in [-0.2, 0) is 11.2 Å². The van der Waals surface area contributed by atoms with E-state index in [2.05, 4.69) is 4.98 Å². The number of nitrogens with one attached hydrogen (secondary N) is 1. The van der Waals surface area contributed by atoms with Gasteiger partial charge in [-0.25, -0.2) is 0 Å². The average Bonchev–Trinajstić information content (AvgIpc) is 3.05. The number of carboxylic acids is 1.